The Kier molecular flexibility index (Phi) is 6.29. The molecule has 4 nitrogen and oxygen atoms in total. The number of benzene rings is 2. The summed E-state index contributed by atoms with van der Waals surface area (Å²) in [6.45, 7) is -0.0494. The van der Waals surface area contributed by atoms with E-state index in [0.717, 1.165) is 24.3 Å². The molecule has 1 aliphatic rings. The van der Waals surface area contributed by atoms with Gasteiger partial charge in [-0.25, -0.2) is 12.8 Å². The predicted molar refractivity (Wildman–Crippen MR) is 98.9 cm³/mol. The largest absolute Gasteiger partial charge is 0.419 e. The molecule has 0 aliphatic heterocycles. The third-order valence-electron chi connectivity index (χ3n) is 5.21. The molecule has 0 aromatic heterocycles. The van der Waals surface area contributed by atoms with E-state index < -0.39 is 60.8 Å². The molecule has 3 rings (SSSR count). The van der Waals surface area contributed by atoms with Crippen LogP contribution < -0.4 is 5.32 Å². The first-order chi connectivity index (χ1) is 14.7. The molecule has 32 heavy (non-hydrogen) atoms. The highest BCUT2D eigenvalue weighted by molar-refractivity contribution is 7.92. The van der Waals surface area contributed by atoms with Gasteiger partial charge in [-0.2, -0.15) is 26.3 Å². The Labute approximate surface area is 178 Å². The lowest BCUT2D eigenvalue weighted by atomic mass is 9.84. The van der Waals surface area contributed by atoms with Crippen molar-refractivity contribution in [3.05, 3.63) is 65.0 Å². The van der Waals surface area contributed by atoms with E-state index in [1.54, 1.807) is 0 Å². The molecule has 0 unspecified atom stereocenters. The van der Waals surface area contributed by atoms with Gasteiger partial charge in [0, 0.05) is 12.1 Å². The zero-order valence-corrected chi connectivity index (χ0v) is 16.9. The van der Waals surface area contributed by atoms with Crippen molar-refractivity contribution in [1.29, 1.82) is 0 Å². The van der Waals surface area contributed by atoms with Crippen LogP contribution in [0.15, 0.2) is 47.4 Å². The molecular weight excluding hydrogens is 467 g/mol. The second-order valence-corrected chi connectivity index (χ2v) is 9.66. The van der Waals surface area contributed by atoms with Crippen molar-refractivity contribution in [2.24, 2.45) is 5.92 Å². The number of hydrogen-bond acceptors (Lipinski definition) is 3. The molecule has 0 heterocycles. The third-order valence-corrected chi connectivity index (χ3v) is 7.38. The minimum Gasteiger partial charge on any atom is -0.352 e. The van der Waals surface area contributed by atoms with Gasteiger partial charge in [-0.05, 0) is 55.2 Å². The maximum atomic E-state index is 13.3. The number of rotatable bonds is 5. The first-order valence-corrected chi connectivity index (χ1v) is 10.8. The third kappa shape index (κ3) is 5.05. The zero-order chi connectivity index (χ0) is 23.9. The van der Waals surface area contributed by atoms with Crippen LogP contribution in [0.4, 0.5) is 30.7 Å². The van der Waals surface area contributed by atoms with Crippen LogP contribution >= 0.6 is 0 Å². The minimum atomic E-state index is -4.97. The molecule has 1 N–H and O–H groups in total. The van der Waals surface area contributed by atoms with Crippen molar-refractivity contribution in [3.63, 3.8) is 0 Å². The predicted octanol–water partition coefficient (Wildman–Crippen LogP) is 4.85. The van der Waals surface area contributed by atoms with Gasteiger partial charge >= 0.3 is 12.4 Å². The molecule has 12 heteroatoms. The molecule has 0 spiro atoms. The summed E-state index contributed by atoms with van der Waals surface area (Å²) in [5.41, 5.74) is -3.08. The second-order valence-electron chi connectivity index (χ2n) is 7.43. The molecule has 0 radical (unpaired) electrons. The number of hydrogen-bond donors (Lipinski definition) is 1. The first kappa shape index (κ1) is 24.0. The van der Waals surface area contributed by atoms with Crippen LogP contribution in [0.1, 0.15) is 34.3 Å². The average Bonchev–Trinajstić information content (AvgIpc) is 2.65. The first-order valence-electron chi connectivity index (χ1n) is 9.25. The van der Waals surface area contributed by atoms with Crippen LogP contribution in [0.2, 0.25) is 0 Å². The second kappa shape index (κ2) is 8.38. The molecule has 1 amide bonds. The highest BCUT2D eigenvalue weighted by Gasteiger charge is 2.41. The van der Waals surface area contributed by atoms with Crippen molar-refractivity contribution >= 4 is 15.7 Å². The zero-order valence-electron chi connectivity index (χ0n) is 16.1. The van der Waals surface area contributed by atoms with E-state index in [2.05, 4.69) is 5.32 Å². The van der Waals surface area contributed by atoms with Gasteiger partial charge in [-0.1, -0.05) is 6.07 Å². The average molecular weight is 483 g/mol. The number of amides is 1. The van der Waals surface area contributed by atoms with Crippen LogP contribution in [-0.4, -0.2) is 26.1 Å². The Hall–Kier alpha value is -2.63. The fourth-order valence-electron chi connectivity index (χ4n) is 3.36. The summed E-state index contributed by atoms with van der Waals surface area (Å²) in [6.07, 6.45) is -9.53. The Balaban J connectivity index is 1.60. The van der Waals surface area contributed by atoms with Crippen molar-refractivity contribution < 1.29 is 43.9 Å². The summed E-state index contributed by atoms with van der Waals surface area (Å²) in [4.78, 5) is 11.6. The lowest BCUT2D eigenvalue weighted by Gasteiger charge is -2.35. The number of carbonyl (C=O) groups is 1. The summed E-state index contributed by atoms with van der Waals surface area (Å²) < 4.78 is 115. The summed E-state index contributed by atoms with van der Waals surface area (Å²) in [6, 6.07) is 5.21. The van der Waals surface area contributed by atoms with E-state index in [1.807, 2.05) is 0 Å². The topological polar surface area (TPSA) is 63.2 Å². The quantitative estimate of drug-likeness (QED) is 0.619. The van der Waals surface area contributed by atoms with Gasteiger partial charge in [0.25, 0.3) is 5.91 Å². The van der Waals surface area contributed by atoms with Crippen LogP contribution in [0, 0.1) is 11.7 Å². The summed E-state index contributed by atoms with van der Waals surface area (Å²) >= 11 is 0. The molecule has 1 aliphatic carbocycles. The fourth-order valence-corrected chi connectivity index (χ4v) is 5.35. The number of halogens is 7. The van der Waals surface area contributed by atoms with E-state index >= 15 is 0 Å². The molecule has 0 saturated heterocycles. The molecule has 1 saturated carbocycles. The molecule has 0 atom stereocenters. The molecule has 2 aromatic carbocycles. The lowest BCUT2D eigenvalue weighted by Crippen LogP contribution is -2.42. The molecular formula is C20H16F7NO3S. The molecule has 2 aromatic rings. The fraction of sp³-hybridized carbons (Fsp3) is 0.350. The Morgan fingerprint density at radius 2 is 1.62 bits per heavy atom. The SMILES string of the molecule is O=C(NC[C@H]1C[C@H](S(=O)(=O)c2cccc(C(F)(F)F)c2)C1)c1ccc(F)c(C(F)(F)F)c1. The highest BCUT2D eigenvalue weighted by atomic mass is 32.2. The lowest BCUT2D eigenvalue weighted by molar-refractivity contribution is -0.140. The standard InChI is InChI=1S/C20H16F7NO3S/c21-17-5-4-12(8-16(17)20(25,26)27)18(29)28-10-11-6-15(7-11)32(30,31)14-3-1-2-13(9-14)19(22,23)24/h1-5,8-9,11,15H,6-7,10H2,(H,28,29)/t11-,15-. The van der Waals surface area contributed by atoms with Gasteiger partial charge in [0.1, 0.15) is 5.82 Å². The van der Waals surface area contributed by atoms with E-state index in [0.29, 0.717) is 18.2 Å². The molecule has 174 valence electrons. The van der Waals surface area contributed by atoms with E-state index in [1.165, 1.54) is 0 Å². The van der Waals surface area contributed by atoms with Crippen LogP contribution in [-0.2, 0) is 22.2 Å². The van der Waals surface area contributed by atoms with E-state index in [9.17, 15) is 43.9 Å². The number of nitrogens with one attached hydrogen (secondary N) is 1. The van der Waals surface area contributed by atoms with E-state index in [4.69, 9.17) is 0 Å². The van der Waals surface area contributed by atoms with Crippen molar-refractivity contribution in [2.45, 2.75) is 35.3 Å². The van der Waals surface area contributed by atoms with E-state index in [-0.39, 0.29) is 25.3 Å². The van der Waals surface area contributed by atoms with Crippen molar-refractivity contribution in [1.82, 2.24) is 5.32 Å². The van der Waals surface area contributed by atoms with Crippen molar-refractivity contribution in [3.8, 4) is 0 Å². The smallest absolute Gasteiger partial charge is 0.352 e. The van der Waals surface area contributed by atoms with Gasteiger partial charge in [0.05, 0.1) is 21.3 Å². The molecule has 1 fully saturated rings. The highest BCUT2D eigenvalue weighted by Crippen LogP contribution is 2.38. The van der Waals surface area contributed by atoms with Crippen LogP contribution in [0.3, 0.4) is 0 Å². The monoisotopic (exact) mass is 483 g/mol. The van der Waals surface area contributed by atoms with Crippen LogP contribution in [0.25, 0.3) is 0 Å². The summed E-state index contributed by atoms with van der Waals surface area (Å²) in [7, 11) is -4.01. The molecule has 0 bridgehead atoms. The normalized spacial score (nSPS) is 19.3. The maximum absolute atomic E-state index is 13.3. The Morgan fingerprint density at radius 1 is 0.969 bits per heavy atom. The van der Waals surface area contributed by atoms with Gasteiger partial charge < -0.3 is 5.32 Å². The number of alkyl halides is 6. The Bertz CT molecular complexity index is 1120. The minimum absolute atomic E-state index is 0.0494. The van der Waals surface area contributed by atoms with Gasteiger partial charge in [0.2, 0.25) is 0 Å². The van der Waals surface area contributed by atoms with Crippen molar-refractivity contribution in [2.75, 3.05) is 6.54 Å². The van der Waals surface area contributed by atoms with Gasteiger partial charge in [-0.3, -0.25) is 4.79 Å². The summed E-state index contributed by atoms with van der Waals surface area (Å²) in [5, 5.41) is 1.43. The van der Waals surface area contributed by atoms with Gasteiger partial charge in [0.15, 0.2) is 9.84 Å². The van der Waals surface area contributed by atoms with Crippen LogP contribution in [0.5, 0.6) is 0 Å². The summed E-state index contributed by atoms with van der Waals surface area (Å²) in [5.74, 6) is -2.73. The maximum Gasteiger partial charge on any atom is 0.419 e. The van der Waals surface area contributed by atoms with Gasteiger partial charge in [-0.15, -0.1) is 0 Å². The Morgan fingerprint density at radius 3 is 2.22 bits per heavy atom. The number of sulfone groups is 1. The number of carbonyl (C=O) groups excluding carboxylic acids is 1.